The minimum Gasteiger partial charge on any atom is -0.483 e. The van der Waals surface area contributed by atoms with Crippen LogP contribution in [0.1, 0.15) is 30.8 Å². The summed E-state index contributed by atoms with van der Waals surface area (Å²) in [4.78, 5) is 14.9. The summed E-state index contributed by atoms with van der Waals surface area (Å²) in [7, 11) is 1.00. The van der Waals surface area contributed by atoms with E-state index in [0.717, 1.165) is 7.11 Å². The standard InChI is InChI=1S/C17H14Cl2N2O4.CH4O/c1-9(13-3-2-10(18)8-20-13)24-16-7-15-11(6-12(16)19)14(21-25-15)4-5-17(22)23;1-2/h2-3,6-9H,4-5H2,1H3,(H,22,23);2H,1H3. The molecule has 27 heavy (non-hydrogen) atoms. The molecule has 0 amide bonds. The molecule has 2 heterocycles. The molecule has 0 aliphatic heterocycles. The second kappa shape index (κ2) is 9.55. The van der Waals surface area contributed by atoms with Crippen LogP contribution in [0.25, 0.3) is 11.0 Å². The van der Waals surface area contributed by atoms with Crippen LogP contribution < -0.4 is 4.74 Å². The molecule has 0 saturated heterocycles. The van der Waals surface area contributed by atoms with E-state index in [9.17, 15) is 4.79 Å². The van der Waals surface area contributed by atoms with Crippen LogP contribution in [0.5, 0.6) is 5.75 Å². The maximum atomic E-state index is 10.7. The largest absolute Gasteiger partial charge is 0.483 e. The van der Waals surface area contributed by atoms with Crippen molar-refractivity contribution in [2.45, 2.75) is 25.9 Å². The Labute approximate surface area is 165 Å². The first-order chi connectivity index (χ1) is 12.9. The van der Waals surface area contributed by atoms with Gasteiger partial charge in [-0.05, 0) is 25.1 Å². The molecule has 7 nitrogen and oxygen atoms in total. The van der Waals surface area contributed by atoms with Gasteiger partial charge >= 0.3 is 5.97 Å². The number of benzene rings is 1. The Bertz CT molecular complexity index is 912. The molecule has 144 valence electrons. The molecule has 3 aromatic rings. The maximum Gasteiger partial charge on any atom is 0.303 e. The second-order valence-electron chi connectivity index (χ2n) is 5.46. The van der Waals surface area contributed by atoms with Crippen LogP contribution in [0.4, 0.5) is 0 Å². The number of ether oxygens (including phenoxy) is 1. The number of halogens is 2. The fourth-order valence-electron chi connectivity index (χ4n) is 2.36. The van der Waals surface area contributed by atoms with Gasteiger partial charge < -0.3 is 19.5 Å². The Kier molecular flexibility index (Phi) is 7.41. The van der Waals surface area contributed by atoms with Crippen molar-refractivity contribution in [3.63, 3.8) is 0 Å². The summed E-state index contributed by atoms with van der Waals surface area (Å²) in [6.07, 6.45) is 1.44. The lowest BCUT2D eigenvalue weighted by Crippen LogP contribution is -2.05. The average molecular weight is 413 g/mol. The van der Waals surface area contributed by atoms with Crippen molar-refractivity contribution in [1.29, 1.82) is 0 Å². The zero-order chi connectivity index (χ0) is 20.0. The zero-order valence-electron chi connectivity index (χ0n) is 14.6. The van der Waals surface area contributed by atoms with Crippen LogP contribution in [-0.2, 0) is 11.2 Å². The van der Waals surface area contributed by atoms with Gasteiger partial charge in [0.15, 0.2) is 5.58 Å². The Morgan fingerprint density at radius 1 is 1.30 bits per heavy atom. The Hall–Kier alpha value is -2.35. The smallest absolute Gasteiger partial charge is 0.303 e. The van der Waals surface area contributed by atoms with Gasteiger partial charge in [0.05, 0.1) is 27.9 Å². The van der Waals surface area contributed by atoms with Crippen LogP contribution in [0.15, 0.2) is 35.0 Å². The molecule has 0 fully saturated rings. The number of hydrogen-bond donors (Lipinski definition) is 2. The number of carboxylic acids is 1. The first-order valence-electron chi connectivity index (χ1n) is 7.96. The molecule has 9 heteroatoms. The molecule has 0 aliphatic carbocycles. The fourth-order valence-corrected chi connectivity index (χ4v) is 2.68. The van der Waals surface area contributed by atoms with Crippen LogP contribution in [-0.4, -0.2) is 33.4 Å². The molecule has 1 atom stereocenters. The summed E-state index contributed by atoms with van der Waals surface area (Å²) < 4.78 is 11.1. The third kappa shape index (κ3) is 5.32. The lowest BCUT2D eigenvalue weighted by molar-refractivity contribution is -0.136. The summed E-state index contributed by atoms with van der Waals surface area (Å²) in [5.74, 6) is -0.467. The van der Waals surface area contributed by atoms with Gasteiger partial charge in [0.25, 0.3) is 0 Å². The molecule has 0 spiro atoms. The van der Waals surface area contributed by atoms with Gasteiger partial charge in [-0.25, -0.2) is 0 Å². The van der Waals surface area contributed by atoms with E-state index < -0.39 is 5.97 Å². The summed E-state index contributed by atoms with van der Waals surface area (Å²) in [6.45, 7) is 1.84. The summed E-state index contributed by atoms with van der Waals surface area (Å²) in [5, 5.41) is 21.3. The average Bonchev–Trinajstić information content (AvgIpc) is 3.04. The molecule has 0 aliphatic rings. The highest BCUT2D eigenvalue weighted by Gasteiger charge is 2.16. The van der Waals surface area contributed by atoms with Crippen molar-refractivity contribution in [3.8, 4) is 5.75 Å². The van der Waals surface area contributed by atoms with E-state index in [4.69, 9.17) is 42.7 Å². The minimum absolute atomic E-state index is 0.0310. The molecular weight excluding hydrogens is 395 g/mol. The van der Waals surface area contributed by atoms with Crippen molar-refractivity contribution in [2.75, 3.05) is 7.11 Å². The lowest BCUT2D eigenvalue weighted by atomic mass is 10.1. The quantitative estimate of drug-likeness (QED) is 0.621. The number of aromatic nitrogens is 2. The zero-order valence-corrected chi connectivity index (χ0v) is 16.2. The van der Waals surface area contributed by atoms with E-state index in [1.807, 2.05) is 6.92 Å². The number of carbonyl (C=O) groups is 1. The number of rotatable bonds is 6. The van der Waals surface area contributed by atoms with Crippen molar-refractivity contribution >= 4 is 40.1 Å². The molecule has 3 rings (SSSR count). The fraction of sp³-hybridized carbons (Fsp3) is 0.278. The predicted octanol–water partition coefficient (Wildman–Crippen LogP) is 4.30. The Balaban J connectivity index is 0.00000126. The molecule has 0 saturated carbocycles. The Morgan fingerprint density at radius 2 is 2.04 bits per heavy atom. The first kappa shape index (κ1) is 21.0. The monoisotopic (exact) mass is 412 g/mol. The molecule has 1 unspecified atom stereocenters. The van der Waals surface area contributed by atoms with E-state index in [2.05, 4.69) is 10.1 Å². The summed E-state index contributed by atoms with van der Waals surface area (Å²) in [5.41, 5.74) is 1.75. The van der Waals surface area contributed by atoms with E-state index in [0.29, 0.717) is 38.2 Å². The van der Waals surface area contributed by atoms with Crippen molar-refractivity contribution < 1.29 is 24.3 Å². The van der Waals surface area contributed by atoms with E-state index in [-0.39, 0.29) is 18.9 Å². The van der Waals surface area contributed by atoms with Gasteiger partial charge in [-0.3, -0.25) is 9.78 Å². The summed E-state index contributed by atoms with van der Waals surface area (Å²) in [6, 6.07) is 6.82. The van der Waals surface area contributed by atoms with Crippen molar-refractivity contribution in [1.82, 2.24) is 10.1 Å². The Morgan fingerprint density at radius 3 is 2.67 bits per heavy atom. The first-order valence-corrected chi connectivity index (χ1v) is 8.72. The number of aliphatic hydroxyl groups is 1. The molecule has 0 bridgehead atoms. The van der Waals surface area contributed by atoms with Gasteiger partial charge in [-0.1, -0.05) is 28.4 Å². The van der Waals surface area contributed by atoms with Gasteiger partial charge in [0.1, 0.15) is 11.9 Å². The molecular formula is C18H18Cl2N2O5. The topological polar surface area (TPSA) is 106 Å². The third-order valence-corrected chi connectivity index (χ3v) is 4.16. The third-order valence-electron chi connectivity index (χ3n) is 3.65. The number of nitrogens with zero attached hydrogens (tertiary/aromatic N) is 2. The number of fused-ring (bicyclic) bond motifs is 1. The SMILES string of the molecule is CC(Oc1cc2onc(CCC(=O)O)c2cc1Cl)c1ccc(Cl)cn1.CO. The molecule has 2 aromatic heterocycles. The highest BCUT2D eigenvalue weighted by Crippen LogP contribution is 2.34. The lowest BCUT2D eigenvalue weighted by Gasteiger charge is -2.15. The van der Waals surface area contributed by atoms with E-state index in [1.165, 1.54) is 0 Å². The number of pyridine rings is 1. The number of carboxylic acid groups (broad SMARTS) is 1. The normalized spacial score (nSPS) is 11.6. The number of aryl methyl sites for hydroxylation is 1. The van der Waals surface area contributed by atoms with Gasteiger partial charge in [0, 0.05) is 31.2 Å². The van der Waals surface area contributed by atoms with Crippen molar-refractivity contribution in [3.05, 3.63) is 51.9 Å². The van der Waals surface area contributed by atoms with Crippen LogP contribution in [0.3, 0.4) is 0 Å². The molecule has 1 aromatic carbocycles. The highest BCUT2D eigenvalue weighted by molar-refractivity contribution is 6.32. The van der Waals surface area contributed by atoms with Gasteiger partial charge in [-0.15, -0.1) is 0 Å². The van der Waals surface area contributed by atoms with E-state index in [1.54, 1.807) is 30.5 Å². The maximum absolute atomic E-state index is 10.7. The number of aliphatic hydroxyl groups excluding tert-OH is 1. The minimum atomic E-state index is -0.897. The predicted molar refractivity (Wildman–Crippen MR) is 101 cm³/mol. The van der Waals surface area contributed by atoms with E-state index >= 15 is 0 Å². The highest BCUT2D eigenvalue weighted by atomic mass is 35.5. The van der Waals surface area contributed by atoms with Crippen LogP contribution in [0.2, 0.25) is 10.0 Å². The van der Waals surface area contributed by atoms with Crippen LogP contribution in [0, 0.1) is 0 Å². The van der Waals surface area contributed by atoms with Gasteiger partial charge in [0.2, 0.25) is 0 Å². The van der Waals surface area contributed by atoms with Crippen molar-refractivity contribution in [2.24, 2.45) is 0 Å². The molecule has 0 radical (unpaired) electrons. The number of aliphatic carboxylic acids is 1. The second-order valence-corrected chi connectivity index (χ2v) is 6.31. The number of hydrogen-bond acceptors (Lipinski definition) is 6. The van der Waals surface area contributed by atoms with Crippen LogP contribution >= 0.6 is 23.2 Å². The summed E-state index contributed by atoms with van der Waals surface area (Å²) >= 11 is 12.1. The van der Waals surface area contributed by atoms with Gasteiger partial charge in [-0.2, -0.15) is 0 Å². The molecule has 2 N–H and O–H groups in total.